The highest BCUT2D eigenvalue weighted by molar-refractivity contribution is 7.80. The van der Waals surface area contributed by atoms with Crippen LogP contribution in [-0.2, 0) is 0 Å². The summed E-state index contributed by atoms with van der Waals surface area (Å²) in [5, 5.41) is 8.17. The first-order chi connectivity index (χ1) is 11.0. The molecule has 2 rings (SSSR count). The van der Waals surface area contributed by atoms with Gasteiger partial charge in [-0.1, -0.05) is 37.4 Å². The van der Waals surface area contributed by atoms with Crippen molar-refractivity contribution in [2.45, 2.75) is 45.6 Å². The highest BCUT2D eigenvalue weighted by atomic mass is 35.5. The van der Waals surface area contributed by atoms with E-state index in [0.717, 1.165) is 17.7 Å². The van der Waals surface area contributed by atoms with Crippen LogP contribution in [0, 0.1) is 12.8 Å². The van der Waals surface area contributed by atoms with Crippen molar-refractivity contribution in [2.75, 3.05) is 5.32 Å². The molecule has 0 saturated heterocycles. The van der Waals surface area contributed by atoms with E-state index in [0.29, 0.717) is 27.2 Å². The lowest BCUT2D eigenvalue weighted by Gasteiger charge is -2.30. The third kappa shape index (κ3) is 5.48. The van der Waals surface area contributed by atoms with E-state index in [4.69, 9.17) is 36.0 Å². The van der Waals surface area contributed by atoms with Gasteiger partial charge >= 0.3 is 0 Å². The molecular weight excluding hydrogens is 348 g/mol. The normalized spacial score (nSPS) is 20.5. The highest BCUT2D eigenvalue weighted by Crippen LogP contribution is 2.24. The predicted molar refractivity (Wildman–Crippen MR) is 106 cm³/mol. The molecule has 0 bridgehead atoms. The summed E-state index contributed by atoms with van der Waals surface area (Å²) >= 11 is 16.7. The van der Waals surface area contributed by atoms with E-state index in [1.807, 2.05) is 25.1 Å². The van der Waals surface area contributed by atoms with Crippen LogP contribution in [0.1, 0.15) is 38.2 Å². The van der Waals surface area contributed by atoms with E-state index in [2.05, 4.69) is 28.4 Å². The standard InChI is InChI=1S/C16H23ClN4S2/c1-10-6-3-4-8-13(10)18-15(22)20-21-16(23)19-14-9-5-7-12(17)11(14)2/h5,7,9-10,13H,3-4,6,8H2,1-2H3,(H2,18,20,22)(H2,19,21,23)/t10-,13+/m0/s1. The van der Waals surface area contributed by atoms with E-state index in [1.165, 1.54) is 19.3 Å². The Balaban J connectivity index is 1.77. The summed E-state index contributed by atoms with van der Waals surface area (Å²) in [7, 11) is 0. The van der Waals surface area contributed by atoms with Crippen LogP contribution < -0.4 is 21.5 Å². The number of hydrogen-bond donors (Lipinski definition) is 4. The van der Waals surface area contributed by atoms with Crippen molar-refractivity contribution < 1.29 is 0 Å². The number of anilines is 1. The van der Waals surface area contributed by atoms with E-state index in [-0.39, 0.29) is 0 Å². The van der Waals surface area contributed by atoms with E-state index in [1.54, 1.807) is 0 Å². The van der Waals surface area contributed by atoms with Crippen LogP contribution >= 0.6 is 36.0 Å². The molecule has 23 heavy (non-hydrogen) atoms. The lowest BCUT2D eigenvalue weighted by molar-refractivity contribution is 0.308. The first-order valence-corrected chi connectivity index (χ1v) is 9.05. The molecule has 0 aliphatic heterocycles. The third-order valence-corrected chi connectivity index (χ3v) is 5.07. The van der Waals surface area contributed by atoms with E-state index in [9.17, 15) is 0 Å². The fourth-order valence-corrected chi connectivity index (χ4v) is 3.28. The molecule has 0 radical (unpaired) electrons. The minimum atomic E-state index is 0.433. The maximum absolute atomic E-state index is 6.10. The molecule has 0 amide bonds. The summed E-state index contributed by atoms with van der Waals surface area (Å²) < 4.78 is 0. The number of halogens is 1. The molecular formula is C16H23ClN4S2. The van der Waals surface area contributed by atoms with Gasteiger partial charge in [0, 0.05) is 16.8 Å². The number of thiocarbonyl (C=S) groups is 2. The lowest BCUT2D eigenvalue weighted by Crippen LogP contribution is -2.52. The van der Waals surface area contributed by atoms with Crippen molar-refractivity contribution >= 4 is 51.9 Å². The Morgan fingerprint density at radius 1 is 1.13 bits per heavy atom. The molecule has 0 aromatic heterocycles. The summed E-state index contributed by atoms with van der Waals surface area (Å²) in [6.07, 6.45) is 4.98. The Labute approximate surface area is 153 Å². The van der Waals surface area contributed by atoms with Gasteiger partial charge in [-0.25, -0.2) is 0 Å². The Hall–Kier alpha value is -1.11. The fourth-order valence-electron chi connectivity index (χ4n) is 2.75. The fraction of sp³-hybridized carbons (Fsp3) is 0.500. The van der Waals surface area contributed by atoms with Gasteiger partial charge in [-0.15, -0.1) is 0 Å². The van der Waals surface area contributed by atoms with Crippen molar-refractivity contribution in [3.63, 3.8) is 0 Å². The molecule has 4 nitrogen and oxygen atoms in total. The van der Waals surface area contributed by atoms with E-state index >= 15 is 0 Å². The van der Waals surface area contributed by atoms with Crippen molar-refractivity contribution in [3.8, 4) is 0 Å². The van der Waals surface area contributed by atoms with Gasteiger partial charge in [0.05, 0.1) is 0 Å². The molecule has 126 valence electrons. The van der Waals surface area contributed by atoms with Crippen molar-refractivity contribution in [1.82, 2.24) is 16.2 Å². The minimum Gasteiger partial charge on any atom is -0.358 e. The van der Waals surface area contributed by atoms with Gasteiger partial charge in [0.25, 0.3) is 0 Å². The Morgan fingerprint density at radius 2 is 1.83 bits per heavy atom. The van der Waals surface area contributed by atoms with E-state index < -0.39 is 0 Å². The molecule has 1 aliphatic carbocycles. The van der Waals surface area contributed by atoms with Crippen LogP contribution in [0.25, 0.3) is 0 Å². The first-order valence-electron chi connectivity index (χ1n) is 7.86. The first kappa shape index (κ1) is 18.2. The summed E-state index contributed by atoms with van der Waals surface area (Å²) in [6.45, 7) is 4.21. The molecule has 2 atom stereocenters. The summed E-state index contributed by atoms with van der Waals surface area (Å²) in [4.78, 5) is 0. The molecule has 0 unspecified atom stereocenters. The van der Waals surface area contributed by atoms with Crippen LogP contribution in [-0.4, -0.2) is 16.3 Å². The van der Waals surface area contributed by atoms with Crippen molar-refractivity contribution in [2.24, 2.45) is 5.92 Å². The second kappa shape index (κ2) is 8.66. The number of benzene rings is 1. The molecule has 1 aromatic rings. The summed E-state index contributed by atoms with van der Waals surface area (Å²) in [5.41, 5.74) is 7.67. The van der Waals surface area contributed by atoms with Crippen molar-refractivity contribution in [1.29, 1.82) is 0 Å². The van der Waals surface area contributed by atoms with Crippen LogP contribution in [0.15, 0.2) is 18.2 Å². The molecule has 0 spiro atoms. The molecule has 7 heteroatoms. The average Bonchev–Trinajstić information content (AvgIpc) is 2.52. The molecule has 0 heterocycles. The third-order valence-electron chi connectivity index (χ3n) is 4.23. The Morgan fingerprint density at radius 3 is 2.57 bits per heavy atom. The van der Waals surface area contributed by atoms with Gasteiger partial charge < -0.3 is 10.6 Å². The van der Waals surface area contributed by atoms with Gasteiger partial charge in [0.2, 0.25) is 0 Å². The monoisotopic (exact) mass is 370 g/mol. The maximum atomic E-state index is 6.10. The number of nitrogens with one attached hydrogen (secondary N) is 4. The van der Waals surface area contributed by atoms with Gasteiger partial charge in [-0.05, 0) is 67.8 Å². The van der Waals surface area contributed by atoms with Gasteiger partial charge in [0.1, 0.15) is 0 Å². The molecule has 1 fully saturated rings. The van der Waals surface area contributed by atoms with Gasteiger partial charge in [-0.3, -0.25) is 10.9 Å². The lowest BCUT2D eigenvalue weighted by atomic mass is 9.86. The topological polar surface area (TPSA) is 48.1 Å². The SMILES string of the molecule is Cc1c(Cl)cccc1NC(=S)NNC(=S)N[C@@H]1CCCC[C@@H]1C. The Kier molecular flexibility index (Phi) is 6.87. The second-order valence-corrected chi connectivity index (χ2v) is 7.18. The second-order valence-electron chi connectivity index (χ2n) is 5.96. The molecule has 1 saturated carbocycles. The molecule has 4 N–H and O–H groups in total. The maximum Gasteiger partial charge on any atom is 0.189 e. The van der Waals surface area contributed by atoms with Gasteiger partial charge in [-0.2, -0.15) is 0 Å². The number of hydrazine groups is 1. The van der Waals surface area contributed by atoms with Crippen LogP contribution in [0.2, 0.25) is 5.02 Å². The Bertz CT molecular complexity index is 579. The number of rotatable bonds is 2. The zero-order chi connectivity index (χ0) is 16.8. The zero-order valence-electron chi connectivity index (χ0n) is 13.4. The van der Waals surface area contributed by atoms with Crippen LogP contribution in [0.4, 0.5) is 5.69 Å². The molecule has 1 aliphatic rings. The van der Waals surface area contributed by atoms with Crippen LogP contribution in [0.5, 0.6) is 0 Å². The quantitative estimate of drug-likeness (QED) is 0.468. The highest BCUT2D eigenvalue weighted by Gasteiger charge is 2.21. The summed E-state index contributed by atoms with van der Waals surface area (Å²) in [5.74, 6) is 0.641. The summed E-state index contributed by atoms with van der Waals surface area (Å²) in [6, 6.07) is 6.09. The average molecular weight is 371 g/mol. The zero-order valence-corrected chi connectivity index (χ0v) is 15.8. The number of hydrogen-bond acceptors (Lipinski definition) is 2. The largest absolute Gasteiger partial charge is 0.358 e. The van der Waals surface area contributed by atoms with Gasteiger partial charge in [0.15, 0.2) is 10.2 Å². The predicted octanol–water partition coefficient (Wildman–Crippen LogP) is 3.89. The smallest absolute Gasteiger partial charge is 0.189 e. The van der Waals surface area contributed by atoms with Crippen molar-refractivity contribution in [3.05, 3.63) is 28.8 Å². The van der Waals surface area contributed by atoms with Crippen LogP contribution in [0.3, 0.4) is 0 Å². The molecule has 1 aromatic carbocycles. The minimum absolute atomic E-state index is 0.433.